The SMILES string of the molecule is O=c1cc2c(nn1CCN1CCN(c3ncncc3F)CC1)CCCC2. The zero-order chi connectivity index (χ0) is 17.9. The second kappa shape index (κ2) is 7.49. The van der Waals surface area contributed by atoms with E-state index in [1.54, 1.807) is 10.7 Å². The lowest BCUT2D eigenvalue weighted by atomic mass is 9.97. The highest BCUT2D eigenvalue weighted by molar-refractivity contribution is 5.38. The minimum Gasteiger partial charge on any atom is -0.352 e. The van der Waals surface area contributed by atoms with Crippen molar-refractivity contribution in [1.82, 2.24) is 24.6 Å². The summed E-state index contributed by atoms with van der Waals surface area (Å²) in [5.74, 6) is -0.0158. The molecule has 0 N–H and O–H groups in total. The standard InChI is InChI=1S/C18H23FN6O/c19-15-12-20-13-21-18(15)24-8-5-23(6-9-24)7-10-25-17(26)11-14-3-1-2-4-16(14)22-25/h11-13H,1-10H2. The molecule has 0 unspecified atom stereocenters. The summed E-state index contributed by atoms with van der Waals surface area (Å²) in [6.07, 6.45) is 6.82. The van der Waals surface area contributed by atoms with E-state index in [0.717, 1.165) is 56.6 Å². The number of rotatable bonds is 4. The van der Waals surface area contributed by atoms with Crippen molar-refractivity contribution in [2.24, 2.45) is 0 Å². The Morgan fingerprint density at radius 2 is 1.88 bits per heavy atom. The van der Waals surface area contributed by atoms with Crippen LogP contribution in [0.1, 0.15) is 24.1 Å². The van der Waals surface area contributed by atoms with Gasteiger partial charge >= 0.3 is 0 Å². The molecule has 3 heterocycles. The zero-order valence-corrected chi connectivity index (χ0v) is 14.8. The smallest absolute Gasteiger partial charge is 0.267 e. The lowest BCUT2D eigenvalue weighted by Gasteiger charge is -2.35. The van der Waals surface area contributed by atoms with E-state index >= 15 is 0 Å². The van der Waals surface area contributed by atoms with Crippen LogP contribution in [0.2, 0.25) is 0 Å². The predicted molar refractivity (Wildman–Crippen MR) is 95.8 cm³/mol. The average molecular weight is 358 g/mol. The molecule has 8 heteroatoms. The van der Waals surface area contributed by atoms with Crippen LogP contribution < -0.4 is 10.5 Å². The monoisotopic (exact) mass is 358 g/mol. The van der Waals surface area contributed by atoms with Crippen molar-refractivity contribution >= 4 is 5.82 Å². The topological polar surface area (TPSA) is 67.2 Å². The Morgan fingerprint density at radius 1 is 1.08 bits per heavy atom. The van der Waals surface area contributed by atoms with Crippen LogP contribution in [0.25, 0.3) is 0 Å². The highest BCUT2D eigenvalue weighted by Gasteiger charge is 2.21. The summed E-state index contributed by atoms with van der Waals surface area (Å²) in [6.45, 7) is 4.40. The van der Waals surface area contributed by atoms with Crippen LogP contribution in [0, 0.1) is 5.82 Å². The lowest BCUT2D eigenvalue weighted by molar-refractivity contribution is 0.241. The van der Waals surface area contributed by atoms with E-state index < -0.39 is 0 Å². The molecule has 0 spiro atoms. The van der Waals surface area contributed by atoms with Crippen LogP contribution in [0.15, 0.2) is 23.4 Å². The van der Waals surface area contributed by atoms with E-state index in [-0.39, 0.29) is 11.4 Å². The number of fused-ring (bicyclic) bond motifs is 1. The van der Waals surface area contributed by atoms with E-state index in [1.807, 2.05) is 4.90 Å². The van der Waals surface area contributed by atoms with E-state index in [9.17, 15) is 9.18 Å². The molecule has 2 aromatic heterocycles. The first-order chi connectivity index (χ1) is 12.7. The van der Waals surface area contributed by atoms with Crippen molar-refractivity contribution in [3.05, 3.63) is 46.0 Å². The maximum Gasteiger partial charge on any atom is 0.267 e. The molecule has 0 saturated carbocycles. The summed E-state index contributed by atoms with van der Waals surface area (Å²) in [5, 5.41) is 4.57. The fourth-order valence-electron chi connectivity index (χ4n) is 3.72. The second-order valence-corrected chi connectivity index (χ2v) is 6.91. The van der Waals surface area contributed by atoms with Crippen molar-refractivity contribution in [2.45, 2.75) is 32.2 Å². The summed E-state index contributed by atoms with van der Waals surface area (Å²) in [7, 11) is 0. The molecule has 138 valence electrons. The highest BCUT2D eigenvalue weighted by atomic mass is 19.1. The van der Waals surface area contributed by atoms with Gasteiger partial charge in [-0.3, -0.25) is 9.69 Å². The van der Waals surface area contributed by atoms with Gasteiger partial charge in [0.2, 0.25) is 0 Å². The molecule has 26 heavy (non-hydrogen) atoms. The lowest BCUT2D eigenvalue weighted by Crippen LogP contribution is -2.48. The van der Waals surface area contributed by atoms with Crippen LogP contribution in [0.4, 0.5) is 10.2 Å². The van der Waals surface area contributed by atoms with Crippen molar-refractivity contribution in [3.63, 3.8) is 0 Å². The number of nitrogens with zero attached hydrogens (tertiary/aromatic N) is 6. The van der Waals surface area contributed by atoms with Crippen molar-refractivity contribution in [1.29, 1.82) is 0 Å². The number of anilines is 1. The third-order valence-corrected chi connectivity index (χ3v) is 5.22. The fraction of sp³-hybridized carbons (Fsp3) is 0.556. The molecule has 1 aliphatic carbocycles. The van der Waals surface area contributed by atoms with Gasteiger partial charge in [-0.15, -0.1) is 0 Å². The number of hydrogen-bond acceptors (Lipinski definition) is 6. The second-order valence-electron chi connectivity index (χ2n) is 6.91. The summed E-state index contributed by atoms with van der Waals surface area (Å²) in [5.41, 5.74) is 2.20. The van der Waals surface area contributed by atoms with Crippen LogP contribution in [0.3, 0.4) is 0 Å². The first-order valence-electron chi connectivity index (χ1n) is 9.23. The van der Waals surface area contributed by atoms with Crippen molar-refractivity contribution in [3.8, 4) is 0 Å². The van der Waals surface area contributed by atoms with Crippen LogP contribution >= 0.6 is 0 Å². The molecule has 1 fully saturated rings. The number of piperazine rings is 1. The normalized spacial score (nSPS) is 18.0. The summed E-state index contributed by atoms with van der Waals surface area (Å²) in [4.78, 5) is 24.2. The van der Waals surface area contributed by atoms with E-state index in [0.29, 0.717) is 25.5 Å². The Labute approximate surface area is 151 Å². The van der Waals surface area contributed by atoms with E-state index in [4.69, 9.17) is 0 Å². The van der Waals surface area contributed by atoms with Crippen molar-refractivity contribution < 1.29 is 4.39 Å². The average Bonchev–Trinajstić information content (AvgIpc) is 2.67. The van der Waals surface area contributed by atoms with Crippen LogP contribution in [0.5, 0.6) is 0 Å². The van der Waals surface area contributed by atoms with Gasteiger partial charge in [-0.05, 0) is 31.2 Å². The molecule has 1 saturated heterocycles. The van der Waals surface area contributed by atoms with Gasteiger partial charge in [0.25, 0.3) is 5.56 Å². The van der Waals surface area contributed by atoms with Gasteiger partial charge in [0.05, 0.1) is 18.4 Å². The van der Waals surface area contributed by atoms with Gasteiger partial charge in [0, 0.05) is 38.8 Å². The van der Waals surface area contributed by atoms with Gasteiger partial charge in [-0.1, -0.05) is 0 Å². The molecule has 1 aliphatic heterocycles. The maximum absolute atomic E-state index is 13.8. The summed E-state index contributed by atoms with van der Waals surface area (Å²) >= 11 is 0. The van der Waals surface area contributed by atoms with E-state index in [1.165, 1.54) is 12.5 Å². The molecule has 4 rings (SSSR count). The molecular weight excluding hydrogens is 335 g/mol. The molecule has 7 nitrogen and oxygen atoms in total. The number of aromatic nitrogens is 4. The Kier molecular flexibility index (Phi) is 4.92. The van der Waals surface area contributed by atoms with Crippen molar-refractivity contribution in [2.75, 3.05) is 37.6 Å². The highest BCUT2D eigenvalue weighted by Crippen LogP contribution is 2.17. The number of aryl methyl sites for hydroxylation is 2. The Bertz CT molecular complexity index is 831. The predicted octanol–water partition coefficient (Wildman–Crippen LogP) is 0.873. The molecule has 0 bridgehead atoms. The Hall–Kier alpha value is -2.35. The molecule has 0 atom stereocenters. The largest absolute Gasteiger partial charge is 0.352 e. The van der Waals surface area contributed by atoms with Gasteiger partial charge in [0.15, 0.2) is 11.6 Å². The Morgan fingerprint density at radius 3 is 2.69 bits per heavy atom. The third kappa shape index (κ3) is 3.60. The number of hydrogen-bond donors (Lipinski definition) is 0. The molecule has 0 amide bonds. The first kappa shape index (κ1) is 17.1. The van der Waals surface area contributed by atoms with Gasteiger partial charge in [-0.25, -0.2) is 19.0 Å². The van der Waals surface area contributed by atoms with Crippen LogP contribution in [-0.2, 0) is 19.4 Å². The van der Waals surface area contributed by atoms with E-state index in [2.05, 4.69) is 20.0 Å². The molecular formula is C18H23FN6O. The third-order valence-electron chi connectivity index (χ3n) is 5.22. The molecule has 0 aromatic carbocycles. The zero-order valence-electron chi connectivity index (χ0n) is 14.8. The van der Waals surface area contributed by atoms with Gasteiger partial charge in [0.1, 0.15) is 6.33 Å². The molecule has 2 aliphatic rings. The maximum atomic E-state index is 13.8. The van der Waals surface area contributed by atoms with Gasteiger partial charge < -0.3 is 4.90 Å². The fourth-order valence-corrected chi connectivity index (χ4v) is 3.72. The number of halogens is 1. The minimum absolute atomic E-state index is 0.00709. The first-order valence-corrected chi connectivity index (χ1v) is 9.23. The minimum atomic E-state index is -0.384. The quantitative estimate of drug-likeness (QED) is 0.808. The van der Waals surface area contributed by atoms with Gasteiger partial charge in [-0.2, -0.15) is 5.10 Å². The molecule has 2 aromatic rings. The van der Waals surface area contributed by atoms with Crippen LogP contribution in [-0.4, -0.2) is 57.4 Å². The Balaban J connectivity index is 1.34. The summed E-state index contributed by atoms with van der Waals surface area (Å²) < 4.78 is 15.4. The molecule has 0 radical (unpaired) electrons. The summed E-state index contributed by atoms with van der Waals surface area (Å²) in [6, 6.07) is 1.76.